The summed E-state index contributed by atoms with van der Waals surface area (Å²) in [4.78, 5) is 11.0. The lowest BCUT2D eigenvalue weighted by molar-refractivity contribution is -0.139. The van der Waals surface area contributed by atoms with Gasteiger partial charge >= 0.3 is 5.97 Å². The molecule has 1 atom stereocenters. The number of rotatable bonds is 5. The van der Waals surface area contributed by atoms with E-state index < -0.39 is 11.9 Å². The second-order valence-electron chi connectivity index (χ2n) is 3.48. The van der Waals surface area contributed by atoms with Gasteiger partial charge in [0.2, 0.25) is 0 Å². The van der Waals surface area contributed by atoms with Crippen molar-refractivity contribution in [1.82, 2.24) is 9.78 Å². The summed E-state index contributed by atoms with van der Waals surface area (Å²) in [5.41, 5.74) is 0.799. The van der Waals surface area contributed by atoms with Crippen molar-refractivity contribution in [3.8, 4) is 0 Å². The maximum absolute atomic E-state index is 11.0. The van der Waals surface area contributed by atoms with Gasteiger partial charge in [-0.3, -0.25) is 9.48 Å². The number of carboxylic acid groups (broad SMARTS) is 1. The Balaban J connectivity index is 2.72. The van der Waals surface area contributed by atoms with Crippen molar-refractivity contribution >= 4 is 5.97 Å². The summed E-state index contributed by atoms with van der Waals surface area (Å²) in [6.07, 6.45) is 6.05. The molecule has 0 bridgehead atoms. The van der Waals surface area contributed by atoms with Gasteiger partial charge in [0.05, 0.1) is 12.1 Å². The molecule has 0 saturated carbocycles. The number of hydrogen-bond donors (Lipinski definition) is 1. The van der Waals surface area contributed by atoms with Crippen LogP contribution in [-0.2, 0) is 11.8 Å². The monoisotopic (exact) mass is 196 g/mol. The SMILES string of the molecule is CCCCC(C(=O)O)c1cnn(C)c1. The van der Waals surface area contributed by atoms with E-state index in [9.17, 15) is 4.79 Å². The molecule has 0 aliphatic rings. The largest absolute Gasteiger partial charge is 0.481 e. The number of carboxylic acids is 1. The quantitative estimate of drug-likeness (QED) is 0.781. The Hall–Kier alpha value is -1.32. The van der Waals surface area contributed by atoms with Crippen LogP contribution in [0.25, 0.3) is 0 Å². The van der Waals surface area contributed by atoms with Crippen LogP contribution in [0.3, 0.4) is 0 Å². The minimum Gasteiger partial charge on any atom is -0.481 e. The second-order valence-corrected chi connectivity index (χ2v) is 3.48. The van der Waals surface area contributed by atoms with E-state index in [0.29, 0.717) is 6.42 Å². The van der Waals surface area contributed by atoms with E-state index in [1.807, 2.05) is 0 Å². The average Bonchev–Trinajstić information content (AvgIpc) is 2.52. The van der Waals surface area contributed by atoms with Gasteiger partial charge in [0.25, 0.3) is 0 Å². The number of aromatic nitrogens is 2. The van der Waals surface area contributed by atoms with Crippen molar-refractivity contribution in [1.29, 1.82) is 0 Å². The fourth-order valence-corrected chi connectivity index (χ4v) is 1.46. The summed E-state index contributed by atoms with van der Waals surface area (Å²) in [6.45, 7) is 2.06. The Morgan fingerprint density at radius 2 is 2.43 bits per heavy atom. The van der Waals surface area contributed by atoms with Gasteiger partial charge in [-0.25, -0.2) is 0 Å². The lowest BCUT2D eigenvalue weighted by atomic mass is 9.96. The molecule has 0 aliphatic carbocycles. The molecule has 0 aromatic carbocycles. The molecule has 4 heteroatoms. The normalized spacial score (nSPS) is 12.7. The molecule has 1 rings (SSSR count). The van der Waals surface area contributed by atoms with Crippen LogP contribution in [0.5, 0.6) is 0 Å². The molecule has 0 amide bonds. The first-order valence-electron chi connectivity index (χ1n) is 4.86. The number of aryl methyl sites for hydroxylation is 1. The Morgan fingerprint density at radius 1 is 1.71 bits per heavy atom. The number of carbonyl (C=O) groups is 1. The number of nitrogens with zero attached hydrogens (tertiary/aromatic N) is 2. The topological polar surface area (TPSA) is 55.1 Å². The van der Waals surface area contributed by atoms with Crippen molar-refractivity contribution in [3.63, 3.8) is 0 Å². The van der Waals surface area contributed by atoms with E-state index in [1.165, 1.54) is 0 Å². The van der Waals surface area contributed by atoms with Crippen LogP contribution < -0.4 is 0 Å². The highest BCUT2D eigenvalue weighted by Gasteiger charge is 2.20. The van der Waals surface area contributed by atoms with E-state index in [1.54, 1.807) is 24.1 Å². The van der Waals surface area contributed by atoms with Crippen LogP contribution >= 0.6 is 0 Å². The molecule has 0 radical (unpaired) electrons. The highest BCUT2D eigenvalue weighted by atomic mass is 16.4. The van der Waals surface area contributed by atoms with E-state index >= 15 is 0 Å². The number of unbranched alkanes of at least 4 members (excludes halogenated alkanes) is 1. The average molecular weight is 196 g/mol. The summed E-state index contributed by atoms with van der Waals surface area (Å²) in [7, 11) is 1.79. The Morgan fingerprint density at radius 3 is 2.86 bits per heavy atom. The first kappa shape index (κ1) is 10.8. The lowest BCUT2D eigenvalue weighted by Crippen LogP contribution is -2.10. The molecule has 78 valence electrons. The Kier molecular flexibility index (Phi) is 3.68. The number of aliphatic carboxylic acids is 1. The Bertz CT molecular complexity index is 307. The van der Waals surface area contributed by atoms with Gasteiger partial charge in [0, 0.05) is 18.8 Å². The minimum absolute atomic E-state index is 0.399. The zero-order valence-electron chi connectivity index (χ0n) is 8.60. The molecule has 1 N–H and O–H groups in total. The molecule has 1 heterocycles. The van der Waals surface area contributed by atoms with Crippen molar-refractivity contribution in [2.45, 2.75) is 32.1 Å². The Labute approximate surface area is 83.5 Å². The van der Waals surface area contributed by atoms with Gasteiger partial charge in [0.1, 0.15) is 0 Å². The van der Waals surface area contributed by atoms with Gasteiger partial charge in [-0.05, 0) is 6.42 Å². The molecule has 1 aromatic rings. The maximum Gasteiger partial charge on any atom is 0.311 e. The predicted molar refractivity (Wildman–Crippen MR) is 53.1 cm³/mol. The third kappa shape index (κ3) is 2.58. The minimum atomic E-state index is -0.758. The molecule has 0 spiro atoms. The third-order valence-electron chi connectivity index (χ3n) is 2.27. The molecule has 1 aromatic heterocycles. The lowest BCUT2D eigenvalue weighted by Gasteiger charge is -2.08. The maximum atomic E-state index is 11.0. The van der Waals surface area contributed by atoms with E-state index in [4.69, 9.17) is 5.11 Å². The zero-order chi connectivity index (χ0) is 10.6. The second kappa shape index (κ2) is 4.79. The van der Waals surface area contributed by atoms with Crippen LogP contribution in [0.2, 0.25) is 0 Å². The molecular weight excluding hydrogens is 180 g/mol. The molecule has 0 fully saturated rings. The first-order chi connectivity index (χ1) is 6.65. The third-order valence-corrected chi connectivity index (χ3v) is 2.27. The predicted octanol–water partition coefficient (Wildman–Crippen LogP) is 1.78. The molecule has 4 nitrogen and oxygen atoms in total. The van der Waals surface area contributed by atoms with Crippen molar-refractivity contribution in [3.05, 3.63) is 18.0 Å². The highest BCUT2D eigenvalue weighted by molar-refractivity contribution is 5.75. The molecule has 14 heavy (non-hydrogen) atoms. The van der Waals surface area contributed by atoms with Crippen molar-refractivity contribution < 1.29 is 9.90 Å². The van der Waals surface area contributed by atoms with Gasteiger partial charge in [-0.1, -0.05) is 19.8 Å². The zero-order valence-corrected chi connectivity index (χ0v) is 8.60. The van der Waals surface area contributed by atoms with Gasteiger partial charge in [0.15, 0.2) is 0 Å². The van der Waals surface area contributed by atoms with Crippen LogP contribution in [-0.4, -0.2) is 20.9 Å². The number of hydrogen-bond acceptors (Lipinski definition) is 2. The summed E-state index contributed by atoms with van der Waals surface area (Å²) in [5, 5.41) is 13.0. The fraction of sp³-hybridized carbons (Fsp3) is 0.600. The summed E-state index contributed by atoms with van der Waals surface area (Å²) >= 11 is 0. The fourth-order valence-electron chi connectivity index (χ4n) is 1.46. The highest BCUT2D eigenvalue weighted by Crippen LogP contribution is 2.21. The molecular formula is C10H16N2O2. The van der Waals surface area contributed by atoms with E-state index in [-0.39, 0.29) is 0 Å². The standard InChI is InChI=1S/C10H16N2O2/c1-3-4-5-9(10(13)14)8-6-11-12(2)7-8/h6-7,9H,3-5H2,1-2H3,(H,13,14). The van der Waals surface area contributed by atoms with Crippen LogP contribution in [0, 0.1) is 0 Å². The van der Waals surface area contributed by atoms with E-state index in [0.717, 1.165) is 18.4 Å². The van der Waals surface area contributed by atoms with E-state index in [2.05, 4.69) is 12.0 Å². The van der Waals surface area contributed by atoms with Gasteiger partial charge in [-0.15, -0.1) is 0 Å². The summed E-state index contributed by atoms with van der Waals surface area (Å²) in [5.74, 6) is -1.16. The first-order valence-corrected chi connectivity index (χ1v) is 4.86. The van der Waals surface area contributed by atoms with Crippen molar-refractivity contribution in [2.75, 3.05) is 0 Å². The van der Waals surface area contributed by atoms with Crippen LogP contribution in [0.4, 0.5) is 0 Å². The van der Waals surface area contributed by atoms with Gasteiger partial charge < -0.3 is 5.11 Å². The summed E-state index contributed by atoms with van der Waals surface area (Å²) < 4.78 is 1.64. The van der Waals surface area contributed by atoms with Crippen LogP contribution in [0.1, 0.15) is 37.7 Å². The molecule has 0 aliphatic heterocycles. The van der Waals surface area contributed by atoms with Gasteiger partial charge in [-0.2, -0.15) is 5.10 Å². The summed E-state index contributed by atoms with van der Waals surface area (Å²) in [6, 6.07) is 0. The smallest absolute Gasteiger partial charge is 0.311 e. The molecule has 0 saturated heterocycles. The van der Waals surface area contributed by atoms with Crippen LogP contribution in [0.15, 0.2) is 12.4 Å². The van der Waals surface area contributed by atoms with Crippen molar-refractivity contribution in [2.24, 2.45) is 7.05 Å². The molecule has 1 unspecified atom stereocenters.